The van der Waals surface area contributed by atoms with Crippen molar-refractivity contribution < 1.29 is 27.9 Å². The fraction of sp³-hybridized carbons (Fsp3) is 0.846. The van der Waals surface area contributed by atoms with Gasteiger partial charge in [0, 0.05) is 0 Å². The summed E-state index contributed by atoms with van der Waals surface area (Å²) in [5, 5.41) is 11.5. The van der Waals surface area contributed by atoms with Crippen molar-refractivity contribution in [3.63, 3.8) is 0 Å². The molecule has 1 heterocycles. The van der Waals surface area contributed by atoms with Gasteiger partial charge in [-0.25, -0.2) is 18.0 Å². The van der Waals surface area contributed by atoms with Crippen LogP contribution < -0.4 is 5.32 Å². The number of hydrogen-bond donors (Lipinski definition) is 2. The molecule has 0 aliphatic carbocycles. The highest BCUT2D eigenvalue weighted by Gasteiger charge is 2.30. The van der Waals surface area contributed by atoms with E-state index in [0.29, 0.717) is 12.8 Å². The van der Waals surface area contributed by atoms with Gasteiger partial charge in [-0.05, 0) is 46.0 Å². The molecule has 1 unspecified atom stereocenters. The lowest BCUT2D eigenvalue weighted by atomic mass is 9.94. The molecule has 1 rings (SSSR count). The van der Waals surface area contributed by atoms with Gasteiger partial charge in [0.1, 0.15) is 21.5 Å². The fourth-order valence-electron chi connectivity index (χ4n) is 2.18. The molecule has 1 aliphatic rings. The molecule has 0 spiro atoms. The van der Waals surface area contributed by atoms with Gasteiger partial charge >= 0.3 is 12.1 Å². The average molecular weight is 321 g/mol. The second-order valence-electron chi connectivity index (χ2n) is 6.37. The minimum atomic E-state index is -2.98. The summed E-state index contributed by atoms with van der Waals surface area (Å²) in [5.41, 5.74) is -0.702. The van der Waals surface area contributed by atoms with Crippen LogP contribution in [0.3, 0.4) is 0 Å². The summed E-state index contributed by atoms with van der Waals surface area (Å²) in [4.78, 5) is 22.8. The van der Waals surface area contributed by atoms with Gasteiger partial charge in [-0.2, -0.15) is 0 Å². The number of rotatable bonds is 4. The van der Waals surface area contributed by atoms with E-state index in [-0.39, 0.29) is 23.8 Å². The summed E-state index contributed by atoms with van der Waals surface area (Å²) in [7, 11) is -2.98. The summed E-state index contributed by atoms with van der Waals surface area (Å²) >= 11 is 0. The van der Waals surface area contributed by atoms with Crippen molar-refractivity contribution in [2.45, 2.75) is 51.7 Å². The molecule has 1 atom stereocenters. The Bertz CT molecular complexity index is 479. The van der Waals surface area contributed by atoms with E-state index in [1.54, 1.807) is 20.8 Å². The number of carbonyl (C=O) groups is 2. The fourth-order valence-corrected chi connectivity index (χ4v) is 3.77. The maximum absolute atomic E-state index is 11.6. The first-order chi connectivity index (χ1) is 9.48. The number of amides is 1. The van der Waals surface area contributed by atoms with Crippen molar-refractivity contribution in [3.05, 3.63) is 0 Å². The molecule has 0 aromatic heterocycles. The van der Waals surface area contributed by atoms with E-state index < -0.39 is 33.5 Å². The lowest BCUT2D eigenvalue weighted by Gasteiger charge is -2.26. The first-order valence-corrected chi connectivity index (χ1v) is 8.73. The SMILES string of the molecule is CC(C)(C)OC(=O)NC(CC1CCS(=O)(=O)CC1)C(=O)O. The number of nitrogens with one attached hydrogen (secondary N) is 1. The molecule has 0 aromatic carbocycles. The van der Waals surface area contributed by atoms with E-state index in [1.165, 1.54) is 0 Å². The predicted octanol–water partition coefficient (Wildman–Crippen LogP) is 1.18. The van der Waals surface area contributed by atoms with E-state index in [9.17, 15) is 18.0 Å². The second kappa shape index (κ2) is 6.64. The van der Waals surface area contributed by atoms with Gasteiger partial charge in [0.25, 0.3) is 0 Å². The van der Waals surface area contributed by atoms with E-state index in [2.05, 4.69) is 5.32 Å². The van der Waals surface area contributed by atoms with E-state index >= 15 is 0 Å². The molecule has 122 valence electrons. The van der Waals surface area contributed by atoms with Gasteiger partial charge in [0.05, 0.1) is 11.5 Å². The van der Waals surface area contributed by atoms with Crippen molar-refractivity contribution in [1.82, 2.24) is 5.32 Å². The molecule has 1 fully saturated rings. The van der Waals surface area contributed by atoms with Crippen LogP contribution in [0.15, 0.2) is 0 Å². The minimum Gasteiger partial charge on any atom is -0.480 e. The number of ether oxygens (including phenoxy) is 1. The maximum Gasteiger partial charge on any atom is 0.408 e. The zero-order valence-electron chi connectivity index (χ0n) is 12.6. The molecule has 21 heavy (non-hydrogen) atoms. The third kappa shape index (κ3) is 6.79. The smallest absolute Gasteiger partial charge is 0.408 e. The van der Waals surface area contributed by atoms with Gasteiger partial charge < -0.3 is 15.2 Å². The Labute approximate surface area is 125 Å². The summed E-state index contributed by atoms with van der Waals surface area (Å²) in [5.74, 6) is -1.01. The van der Waals surface area contributed by atoms with Crippen LogP contribution in [0.2, 0.25) is 0 Å². The van der Waals surface area contributed by atoms with Crippen LogP contribution in [0, 0.1) is 5.92 Å². The average Bonchev–Trinajstić information content (AvgIpc) is 2.28. The summed E-state index contributed by atoms with van der Waals surface area (Å²) in [6, 6.07) is -1.06. The minimum absolute atomic E-state index is 0.0236. The Balaban J connectivity index is 2.55. The van der Waals surface area contributed by atoms with Crippen LogP contribution in [0.25, 0.3) is 0 Å². The van der Waals surface area contributed by atoms with Crippen molar-refractivity contribution in [2.75, 3.05) is 11.5 Å². The lowest BCUT2D eigenvalue weighted by molar-refractivity contribution is -0.140. The highest BCUT2D eigenvalue weighted by atomic mass is 32.2. The maximum atomic E-state index is 11.6. The highest BCUT2D eigenvalue weighted by Crippen LogP contribution is 2.23. The predicted molar refractivity (Wildman–Crippen MR) is 76.8 cm³/mol. The molecule has 1 saturated heterocycles. The Morgan fingerprint density at radius 3 is 2.24 bits per heavy atom. The standard InChI is InChI=1S/C13H23NO6S/c1-13(2,3)20-12(17)14-10(11(15)16)8-9-4-6-21(18,19)7-5-9/h9-10H,4-8H2,1-3H3,(H,14,17)(H,15,16). The van der Waals surface area contributed by atoms with Crippen LogP contribution in [0.1, 0.15) is 40.0 Å². The number of carboxylic acids is 1. The van der Waals surface area contributed by atoms with Crippen molar-refractivity contribution >= 4 is 21.9 Å². The first-order valence-electron chi connectivity index (χ1n) is 6.91. The third-order valence-electron chi connectivity index (χ3n) is 3.23. The number of aliphatic carboxylic acids is 1. The molecular formula is C13H23NO6S. The molecule has 0 aromatic rings. The first kappa shape index (κ1) is 17.7. The highest BCUT2D eigenvalue weighted by molar-refractivity contribution is 7.91. The number of carbonyl (C=O) groups excluding carboxylic acids is 1. The van der Waals surface area contributed by atoms with E-state index in [4.69, 9.17) is 9.84 Å². The molecule has 1 amide bonds. The molecule has 0 radical (unpaired) electrons. The van der Waals surface area contributed by atoms with Crippen LogP contribution in [-0.2, 0) is 19.4 Å². The molecule has 2 N–H and O–H groups in total. The molecular weight excluding hydrogens is 298 g/mol. The molecule has 1 aliphatic heterocycles. The third-order valence-corrected chi connectivity index (χ3v) is 4.95. The van der Waals surface area contributed by atoms with Gasteiger partial charge in [0.2, 0.25) is 0 Å². The van der Waals surface area contributed by atoms with Crippen LogP contribution >= 0.6 is 0 Å². The number of hydrogen-bond acceptors (Lipinski definition) is 5. The summed E-state index contributed by atoms with van der Waals surface area (Å²) < 4.78 is 27.7. The van der Waals surface area contributed by atoms with Gasteiger partial charge in [-0.3, -0.25) is 0 Å². The van der Waals surface area contributed by atoms with Gasteiger partial charge in [0.15, 0.2) is 0 Å². The number of carboxylic acid groups (broad SMARTS) is 1. The Morgan fingerprint density at radius 1 is 1.29 bits per heavy atom. The van der Waals surface area contributed by atoms with Crippen LogP contribution in [0.4, 0.5) is 4.79 Å². The Morgan fingerprint density at radius 2 is 1.81 bits per heavy atom. The van der Waals surface area contributed by atoms with E-state index in [0.717, 1.165) is 0 Å². The topological polar surface area (TPSA) is 110 Å². The normalized spacial score (nSPS) is 20.5. The number of alkyl carbamates (subject to hydrolysis) is 1. The zero-order valence-corrected chi connectivity index (χ0v) is 13.4. The summed E-state index contributed by atoms with van der Waals surface area (Å²) in [6.45, 7) is 5.07. The Kier molecular flexibility index (Phi) is 5.61. The Hall–Kier alpha value is -1.31. The van der Waals surface area contributed by atoms with Crippen molar-refractivity contribution in [3.8, 4) is 0 Å². The van der Waals surface area contributed by atoms with Gasteiger partial charge in [-0.15, -0.1) is 0 Å². The van der Waals surface area contributed by atoms with Crippen molar-refractivity contribution in [1.29, 1.82) is 0 Å². The zero-order chi connectivity index (χ0) is 16.3. The molecule has 0 saturated carbocycles. The second-order valence-corrected chi connectivity index (χ2v) is 8.67. The molecule has 8 heteroatoms. The van der Waals surface area contributed by atoms with Crippen LogP contribution in [0.5, 0.6) is 0 Å². The summed E-state index contributed by atoms with van der Waals surface area (Å²) in [6.07, 6.45) is 0.298. The molecule has 0 bridgehead atoms. The van der Waals surface area contributed by atoms with Crippen molar-refractivity contribution in [2.24, 2.45) is 5.92 Å². The quantitative estimate of drug-likeness (QED) is 0.804. The van der Waals surface area contributed by atoms with Crippen LogP contribution in [-0.4, -0.2) is 48.7 Å². The molecule has 7 nitrogen and oxygen atoms in total. The van der Waals surface area contributed by atoms with E-state index in [1.807, 2.05) is 0 Å². The number of sulfone groups is 1. The largest absolute Gasteiger partial charge is 0.480 e. The van der Waals surface area contributed by atoms with Gasteiger partial charge in [-0.1, -0.05) is 0 Å². The lowest BCUT2D eigenvalue weighted by Crippen LogP contribution is -2.45. The monoisotopic (exact) mass is 321 g/mol.